The smallest absolute Gasteiger partial charge is 0.150 e. The molecule has 0 atom stereocenters. The summed E-state index contributed by atoms with van der Waals surface area (Å²) in [6.07, 6.45) is 5.30. The molecule has 0 N–H and O–H groups in total. The number of anilines is 2. The lowest BCUT2D eigenvalue weighted by atomic mass is 9.94. The summed E-state index contributed by atoms with van der Waals surface area (Å²) in [5, 5.41) is 19.2. The average Bonchev–Trinajstić information content (AvgIpc) is 2.78. The number of hydrogen-bond donors (Lipinski definition) is 0. The number of pyridine rings is 1. The predicted octanol–water partition coefficient (Wildman–Crippen LogP) is 3.24. The molecule has 2 saturated heterocycles. The first kappa shape index (κ1) is 18.3. The molecule has 0 spiro atoms. The van der Waals surface area contributed by atoms with E-state index in [1.54, 1.807) is 18.5 Å². The van der Waals surface area contributed by atoms with Crippen LogP contribution in [0.2, 0.25) is 0 Å². The van der Waals surface area contributed by atoms with Gasteiger partial charge in [0.1, 0.15) is 5.82 Å². The van der Waals surface area contributed by atoms with E-state index in [1.165, 1.54) is 0 Å². The van der Waals surface area contributed by atoms with Gasteiger partial charge >= 0.3 is 0 Å². The van der Waals surface area contributed by atoms with Crippen molar-refractivity contribution < 1.29 is 0 Å². The lowest BCUT2D eigenvalue weighted by Gasteiger charge is -2.41. The molecule has 0 saturated carbocycles. The van der Waals surface area contributed by atoms with Gasteiger partial charge in [-0.25, -0.2) is 9.97 Å². The molecule has 30 heavy (non-hydrogen) atoms. The summed E-state index contributed by atoms with van der Waals surface area (Å²) in [6.45, 7) is 3.43. The van der Waals surface area contributed by atoms with Crippen LogP contribution in [0.25, 0.3) is 10.9 Å². The number of fused-ring (bicyclic) bond motifs is 1. The Kier molecular flexibility index (Phi) is 4.65. The van der Waals surface area contributed by atoms with Crippen LogP contribution in [-0.4, -0.2) is 41.1 Å². The highest BCUT2D eigenvalue weighted by Gasteiger charge is 2.34. The summed E-state index contributed by atoms with van der Waals surface area (Å²) in [7, 11) is 0. The fraction of sp³-hybridized carbons (Fsp3) is 0.348. The summed E-state index contributed by atoms with van der Waals surface area (Å²) in [5.74, 6) is 2.39. The third kappa shape index (κ3) is 3.29. The molecule has 2 aliphatic rings. The van der Waals surface area contributed by atoms with Crippen LogP contribution in [0.5, 0.6) is 0 Å². The number of hydrogen-bond acceptors (Lipinski definition) is 7. The Morgan fingerprint density at radius 2 is 1.73 bits per heavy atom. The van der Waals surface area contributed by atoms with Crippen LogP contribution >= 0.6 is 0 Å². The van der Waals surface area contributed by atoms with E-state index >= 15 is 0 Å². The largest absolute Gasteiger partial charge is 0.355 e. The molecule has 0 amide bonds. The first-order chi connectivity index (χ1) is 14.7. The van der Waals surface area contributed by atoms with E-state index < -0.39 is 0 Å². The van der Waals surface area contributed by atoms with E-state index in [1.807, 2.05) is 24.3 Å². The van der Waals surface area contributed by atoms with Gasteiger partial charge in [-0.1, -0.05) is 0 Å². The van der Waals surface area contributed by atoms with E-state index in [0.717, 1.165) is 67.3 Å². The van der Waals surface area contributed by atoms with Crippen LogP contribution in [0.15, 0.2) is 42.7 Å². The normalized spacial score (nSPS) is 17.4. The number of rotatable bonds is 3. The molecule has 148 valence electrons. The fourth-order valence-electron chi connectivity index (χ4n) is 4.29. The Morgan fingerprint density at radius 1 is 0.933 bits per heavy atom. The molecule has 5 rings (SSSR count). The Bertz CT molecular complexity index is 1160. The van der Waals surface area contributed by atoms with Crippen molar-refractivity contribution in [1.82, 2.24) is 15.0 Å². The lowest BCUT2D eigenvalue weighted by molar-refractivity contribution is 0.473. The monoisotopic (exact) mass is 395 g/mol. The van der Waals surface area contributed by atoms with Crippen LogP contribution < -0.4 is 9.80 Å². The Morgan fingerprint density at radius 3 is 2.50 bits per heavy atom. The van der Waals surface area contributed by atoms with Crippen molar-refractivity contribution in [1.29, 1.82) is 10.5 Å². The highest BCUT2D eigenvalue weighted by atomic mass is 15.3. The molecule has 7 heteroatoms. The van der Waals surface area contributed by atoms with Crippen LogP contribution in [-0.2, 0) is 0 Å². The van der Waals surface area contributed by atoms with E-state index in [9.17, 15) is 0 Å². The van der Waals surface area contributed by atoms with E-state index in [4.69, 9.17) is 15.5 Å². The zero-order chi connectivity index (χ0) is 20.5. The second-order valence-corrected chi connectivity index (χ2v) is 7.95. The van der Waals surface area contributed by atoms with Crippen molar-refractivity contribution in [3.05, 3.63) is 54.0 Å². The van der Waals surface area contributed by atoms with Gasteiger partial charge in [0, 0.05) is 55.8 Å². The molecule has 2 fully saturated rings. The second kappa shape index (κ2) is 7.61. The van der Waals surface area contributed by atoms with Gasteiger partial charge in [0.05, 0.1) is 28.9 Å². The number of benzene rings is 1. The first-order valence-corrected chi connectivity index (χ1v) is 10.3. The topological polar surface area (TPSA) is 92.7 Å². The Balaban J connectivity index is 1.31. The average molecular weight is 395 g/mol. The van der Waals surface area contributed by atoms with E-state index in [0.29, 0.717) is 11.5 Å². The van der Waals surface area contributed by atoms with Gasteiger partial charge in [0.2, 0.25) is 0 Å². The summed E-state index contributed by atoms with van der Waals surface area (Å²) in [5.41, 5.74) is 2.59. The van der Waals surface area contributed by atoms with Crippen LogP contribution in [0, 0.1) is 28.6 Å². The SMILES string of the molecule is N#Cc1ccc2nc(N3CC(c4nccnc4N4CCC(C#N)CC4)C3)ccc2c1. The van der Waals surface area contributed by atoms with Gasteiger partial charge in [0.15, 0.2) is 5.82 Å². The van der Waals surface area contributed by atoms with Crippen LogP contribution in [0.1, 0.15) is 30.0 Å². The number of aromatic nitrogens is 3. The molecule has 0 unspecified atom stereocenters. The first-order valence-electron chi connectivity index (χ1n) is 10.3. The summed E-state index contributed by atoms with van der Waals surface area (Å²) in [4.78, 5) is 18.6. The predicted molar refractivity (Wildman–Crippen MR) is 114 cm³/mol. The highest BCUT2D eigenvalue weighted by molar-refractivity contribution is 5.82. The van der Waals surface area contributed by atoms with Gasteiger partial charge in [-0.2, -0.15) is 10.5 Å². The molecule has 7 nitrogen and oxygen atoms in total. The van der Waals surface area contributed by atoms with Gasteiger partial charge in [-0.3, -0.25) is 4.98 Å². The van der Waals surface area contributed by atoms with Gasteiger partial charge < -0.3 is 9.80 Å². The highest BCUT2D eigenvalue weighted by Crippen LogP contribution is 2.35. The molecular formula is C23H21N7. The zero-order valence-electron chi connectivity index (χ0n) is 16.6. The second-order valence-electron chi connectivity index (χ2n) is 7.95. The van der Waals surface area contributed by atoms with Crippen LogP contribution in [0.4, 0.5) is 11.6 Å². The molecular weight excluding hydrogens is 374 g/mol. The molecule has 2 aromatic heterocycles. The molecule has 4 heterocycles. The molecule has 1 aromatic carbocycles. The van der Waals surface area contributed by atoms with E-state index in [-0.39, 0.29) is 5.92 Å². The van der Waals surface area contributed by atoms with Gasteiger partial charge in [-0.05, 0) is 43.2 Å². The quantitative estimate of drug-likeness (QED) is 0.672. The maximum atomic E-state index is 9.15. The molecule has 0 radical (unpaired) electrons. The molecule has 0 aliphatic carbocycles. The summed E-state index contributed by atoms with van der Waals surface area (Å²) >= 11 is 0. The van der Waals surface area contributed by atoms with Gasteiger partial charge in [-0.15, -0.1) is 0 Å². The minimum atomic E-state index is 0.156. The minimum absolute atomic E-state index is 0.156. The van der Waals surface area contributed by atoms with Gasteiger partial charge in [0.25, 0.3) is 0 Å². The van der Waals surface area contributed by atoms with Crippen molar-refractivity contribution in [2.24, 2.45) is 5.92 Å². The van der Waals surface area contributed by atoms with Crippen molar-refractivity contribution in [2.45, 2.75) is 18.8 Å². The lowest BCUT2D eigenvalue weighted by Crippen LogP contribution is -2.47. The molecule has 3 aromatic rings. The van der Waals surface area contributed by atoms with E-state index in [2.05, 4.69) is 31.9 Å². The number of nitriles is 2. The Hall–Kier alpha value is -3.71. The zero-order valence-corrected chi connectivity index (χ0v) is 16.6. The minimum Gasteiger partial charge on any atom is -0.355 e. The third-order valence-electron chi connectivity index (χ3n) is 6.08. The number of piperidine rings is 1. The van der Waals surface area contributed by atoms with Crippen molar-refractivity contribution in [2.75, 3.05) is 36.0 Å². The van der Waals surface area contributed by atoms with Crippen molar-refractivity contribution in [3.63, 3.8) is 0 Å². The Labute approximate surface area is 175 Å². The standard InChI is InChI=1S/C23H21N7/c24-12-16-5-9-29(10-6-16)23-22(26-7-8-27-23)19-14-30(15-19)21-4-2-18-11-17(13-25)1-3-20(18)28-21/h1-4,7-8,11,16,19H,5-6,9-10,14-15H2. The fourth-order valence-corrected chi connectivity index (χ4v) is 4.29. The third-order valence-corrected chi connectivity index (χ3v) is 6.08. The van der Waals surface area contributed by atoms with Crippen molar-refractivity contribution in [3.8, 4) is 12.1 Å². The molecule has 0 bridgehead atoms. The summed E-state index contributed by atoms with van der Waals surface area (Å²) in [6, 6.07) is 14.2. The molecule has 2 aliphatic heterocycles. The number of nitrogens with zero attached hydrogens (tertiary/aromatic N) is 7. The maximum absolute atomic E-state index is 9.15. The summed E-state index contributed by atoms with van der Waals surface area (Å²) < 4.78 is 0. The maximum Gasteiger partial charge on any atom is 0.150 e. The van der Waals surface area contributed by atoms with Crippen LogP contribution in [0.3, 0.4) is 0 Å². The van der Waals surface area contributed by atoms with Crippen molar-refractivity contribution >= 4 is 22.5 Å².